The van der Waals surface area contributed by atoms with Gasteiger partial charge >= 0.3 is 0 Å². The van der Waals surface area contributed by atoms with E-state index in [1.54, 1.807) is 24.5 Å². The maximum absolute atomic E-state index is 6.16. The molecule has 21 heavy (non-hydrogen) atoms. The highest BCUT2D eigenvalue weighted by molar-refractivity contribution is 6.35. The third-order valence-corrected chi connectivity index (χ3v) is 4.09. The number of nitrogens with one attached hydrogen (secondary N) is 1. The van der Waals surface area contributed by atoms with Gasteiger partial charge in [0.15, 0.2) is 0 Å². The average molecular weight is 323 g/mol. The van der Waals surface area contributed by atoms with Gasteiger partial charge in [-0.2, -0.15) is 0 Å². The van der Waals surface area contributed by atoms with Gasteiger partial charge in [0.25, 0.3) is 0 Å². The molecule has 1 aliphatic rings. The van der Waals surface area contributed by atoms with Crippen LogP contribution in [0, 0.1) is 0 Å². The Kier molecular flexibility index (Phi) is 4.46. The monoisotopic (exact) mass is 322 g/mol. The molecule has 1 fully saturated rings. The van der Waals surface area contributed by atoms with Crippen LogP contribution in [-0.4, -0.2) is 23.1 Å². The number of nitrogens with zero attached hydrogens (tertiary/aromatic N) is 3. The van der Waals surface area contributed by atoms with Crippen molar-refractivity contribution in [1.29, 1.82) is 0 Å². The Labute approximate surface area is 134 Å². The summed E-state index contributed by atoms with van der Waals surface area (Å²) >= 11 is 12.2. The van der Waals surface area contributed by atoms with Gasteiger partial charge < -0.3 is 10.2 Å². The molecule has 0 saturated carbocycles. The van der Waals surface area contributed by atoms with E-state index in [1.165, 1.54) is 19.3 Å². The molecule has 1 aromatic heterocycles. The van der Waals surface area contributed by atoms with Crippen LogP contribution in [0.15, 0.2) is 30.6 Å². The number of aromatic nitrogens is 2. The van der Waals surface area contributed by atoms with Crippen LogP contribution in [-0.2, 0) is 0 Å². The van der Waals surface area contributed by atoms with E-state index in [9.17, 15) is 0 Å². The van der Waals surface area contributed by atoms with Crippen LogP contribution in [0.2, 0.25) is 10.0 Å². The number of anilines is 3. The predicted octanol–water partition coefficient (Wildman–Crippen LogP) is 4.52. The Bertz CT molecular complexity index is 627. The first kappa shape index (κ1) is 14.4. The second-order valence-corrected chi connectivity index (χ2v) is 5.90. The fourth-order valence-corrected chi connectivity index (χ4v) is 2.78. The van der Waals surface area contributed by atoms with Crippen molar-refractivity contribution in [2.45, 2.75) is 19.3 Å². The van der Waals surface area contributed by atoms with Gasteiger partial charge in [-0.05, 0) is 37.5 Å². The molecular formula is C15H16Cl2N4. The highest BCUT2D eigenvalue weighted by Gasteiger charge is 2.13. The summed E-state index contributed by atoms with van der Waals surface area (Å²) in [5, 5.41) is 4.44. The molecule has 0 aliphatic carbocycles. The van der Waals surface area contributed by atoms with Crippen LogP contribution in [0.3, 0.4) is 0 Å². The van der Waals surface area contributed by atoms with E-state index in [-0.39, 0.29) is 0 Å². The molecule has 1 saturated heterocycles. The predicted molar refractivity (Wildman–Crippen MR) is 87.8 cm³/mol. The minimum absolute atomic E-state index is 0.609. The summed E-state index contributed by atoms with van der Waals surface area (Å²) in [4.78, 5) is 10.9. The van der Waals surface area contributed by atoms with Gasteiger partial charge in [0, 0.05) is 24.2 Å². The molecule has 0 atom stereocenters. The summed E-state index contributed by atoms with van der Waals surface area (Å²) in [6.45, 7) is 2.10. The van der Waals surface area contributed by atoms with E-state index in [0.717, 1.165) is 30.4 Å². The molecule has 2 heterocycles. The van der Waals surface area contributed by atoms with Crippen molar-refractivity contribution < 1.29 is 0 Å². The van der Waals surface area contributed by atoms with Crippen molar-refractivity contribution in [2.75, 3.05) is 23.3 Å². The second-order valence-electron chi connectivity index (χ2n) is 5.06. The van der Waals surface area contributed by atoms with Gasteiger partial charge in [-0.15, -0.1) is 0 Å². The molecule has 0 spiro atoms. The van der Waals surface area contributed by atoms with E-state index < -0.39 is 0 Å². The summed E-state index contributed by atoms with van der Waals surface area (Å²) in [6.07, 6.45) is 5.30. The molecule has 0 unspecified atom stereocenters. The van der Waals surface area contributed by atoms with Gasteiger partial charge in [-0.25, -0.2) is 9.97 Å². The summed E-state index contributed by atoms with van der Waals surface area (Å²) in [7, 11) is 0. The minimum atomic E-state index is 0.609. The molecular weight excluding hydrogens is 307 g/mol. The van der Waals surface area contributed by atoms with Crippen molar-refractivity contribution in [3.05, 3.63) is 40.6 Å². The zero-order valence-corrected chi connectivity index (χ0v) is 13.0. The largest absolute Gasteiger partial charge is 0.356 e. The Balaban J connectivity index is 1.81. The lowest BCUT2D eigenvalue weighted by atomic mass is 10.1. The fraction of sp³-hybridized carbons (Fsp3) is 0.333. The molecule has 110 valence electrons. The smallest absolute Gasteiger partial charge is 0.135 e. The zero-order valence-electron chi connectivity index (χ0n) is 11.5. The van der Waals surface area contributed by atoms with Gasteiger partial charge in [-0.1, -0.05) is 23.2 Å². The van der Waals surface area contributed by atoms with Crippen LogP contribution < -0.4 is 10.2 Å². The quantitative estimate of drug-likeness (QED) is 0.902. The summed E-state index contributed by atoms with van der Waals surface area (Å²) in [5.41, 5.74) is 0.743. The zero-order chi connectivity index (χ0) is 14.7. The highest BCUT2D eigenvalue weighted by atomic mass is 35.5. The van der Waals surface area contributed by atoms with Gasteiger partial charge in [0.05, 0.1) is 10.7 Å². The van der Waals surface area contributed by atoms with Crippen molar-refractivity contribution in [3.63, 3.8) is 0 Å². The van der Waals surface area contributed by atoms with E-state index in [4.69, 9.17) is 23.2 Å². The fourth-order valence-electron chi connectivity index (χ4n) is 2.44. The first-order valence-electron chi connectivity index (χ1n) is 7.01. The number of hydrogen-bond acceptors (Lipinski definition) is 4. The number of rotatable bonds is 3. The van der Waals surface area contributed by atoms with Crippen molar-refractivity contribution in [3.8, 4) is 0 Å². The molecule has 1 aromatic carbocycles. The lowest BCUT2D eigenvalue weighted by molar-refractivity contribution is 0.573. The van der Waals surface area contributed by atoms with Crippen LogP contribution in [0.4, 0.5) is 17.3 Å². The lowest BCUT2D eigenvalue weighted by Gasteiger charge is -2.27. The number of benzene rings is 1. The summed E-state index contributed by atoms with van der Waals surface area (Å²) in [5.74, 6) is 1.67. The summed E-state index contributed by atoms with van der Waals surface area (Å²) < 4.78 is 0. The third kappa shape index (κ3) is 3.57. The molecule has 6 heteroatoms. The average Bonchev–Trinajstić information content (AvgIpc) is 2.52. The topological polar surface area (TPSA) is 41.0 Å². The SMILES string of the molecule is Clc1ccc(Cl)c(Nc2cc(N3CCCCC3)ncn2)c1. The van der Waals surface area contributed by atoms with Gasteiger partial charge in [0.1, 0.15) is 18.0 Å². The first-order chi connectivity index (χ1) is 10.2. The van der Waals surface area contributed by atoms with Crippen LogP contribution in [0.1, 0.15) is 19.3 Å². The van der Waals surface area contributed by atoms with E-state index in [0.29, 0.717) is 10.0 Å². The number of halogens is 2. The van der Waals surface area contributed by atoms with Crippen molar-refractivity contribution in [1.82, 2.24) is 9.97 Å². The summed E-state index contributed by atoms with van der Waals surface area (Å²) in [6, 6.07) is 7.25. The Morgan fingerprint density at radius 2 is 1.81 bits per heavy atom. The Hall–Kier alpha value is -1.52. The number of piperidine rings is 1. The molecule has 3 rings (SSSR count). The van der Waals surface area contributed by atoms with Gasteiger partial charge in [0.2, 0.25) is 0 Å². The van der Waals surface area contributed by atoms with Gasteiger partial charge in [-0.3, -0.25) is 0 Å². The van der Waals surface area contributed by atoms with Crippen molar-refractivity contribution in [2.24, 2.45) is 0 Å². The third-order valence-electron chi connectivity index (χ3n) is 3.52. The van der Waals surface area contributed by atoms with Crippen LogP contribution in [0.25, 0.3) is 0 Å². The maximum atomic E-state index is 6.16. The first-order valence-corrected chi connectivity index (χ1v) is 7.77. The van der Waals surface area contributed by atoms with E-state index >= 15 is 0 Å². The molecule has 4 nitrogen and oxygen atoms in total. The molecule has 0 radical (unpaired) electrons. The van der Waals surface area contributed by atoms with Crippen LogP contribution in [0.5, 0.6) is 0 Å². The highest BCUT2D eigenvalue weighted by Crippen LogP contribution is 2.28. The molecule has 2 aromatic rings. The normalized spacial score (nSPS) is 15.0. The Morgan fingerprint density at radius 1 is 1.00 bits per heavy atom. The van der Waals surface area contributed by atoms with Crippen molar-refractivity contribution >= 4 is 40.5 Å². The van der Waals surface area contributed by atoms with E-state index in [1.807, 2.05) is 6.07 Å². The molecule has 1 N–H and O–H groups in total. The Morgan fingerprint density at radius 3 is 2.62 bits per heavy atom. The molecule has 1 aliphatic heterocycles. The number of hydrogen-bond donors (Lipinski definition) is 1. The molecule has 0 bridgehead atoms. The maximum Gasteiger partial charge on any atom is 0.135 e. The van der Waals surface area contributed by atoms with Crippen LogP contribution >= 0.6 is 23.2 Å². The second kappa shape index (κ2) is 6.50. The minimum Gasteiger partial charge on any atom is -0.356 e. The molecule has 0 amide bonds. The van der Waals surface area contributed by atoms with E-state index in [2.05, 4.69) is 20.2 Å². The standard InChI is InChI=1S/C15H16Cl2N4/c16-11-4-5-12(17)13(8-11)20-14-9-15(19-10-18-14)21-6-2-1-3-7-21/h4-5,8-10H,1-3,6-7H2,(H,18,19,20). The lowest BCUT2D eigenvalue weighted by Crippen LogP contribution is -2.30.